The molecule has 0 heterocycles. The minimum Gasteiger partial charge on any atom is -0.162 e. The zero-order valence-corrected chi connectivity index (χ0v) is 10.5. The Morgan fingerprint density at radius 2 is 1.06 bits per heavy atom. The average Bonchev–Trinajstić information content (AvgIpc) is 2.40. The summed E-state index contributed by atoms with van der Waals surface area (Å²) >= 11 is 0. The van der Waals surface area contributed by atoms with Gasteiger partial charge in [-0.05, 0) is 28.5 Å². The van der Waals surface area contributed by atoms with E-state index in [2.05, 4.69) is 60.7 Å². The summed E-state index contributed by atoms with van der Waals surface area (Å²) in [6.45, 7) is 0. The van der Waals surface area contributed by atoms with Crippen LogP contribution in [0.25, 0.3) is 0 Å². The van der Waals surface area contributed by atoms with Crippen LogP contribution in [0.2, 0.25) is 0 Å². The number of hydrogen-bond donors (Lipinski definition) is 1. The van der Waals surface area contributed by atoms with Crippen molar-refractivity contribution in [2.24, 2.45) is 0 Å². The highest BCUT2D eigenvalue weighted by Gasteiger charge is 1.93. The number of benzene rings is 2. The highest BCUT2D eigenvalue weighted by molar-refractivity contribution is 7.16. The fraction of sp³-hybridized carbons (Fsp3) is 0.143. The smallest absolute Gasteiger partial charge is 0.162 e. The molecule has 0 aliphatic rings. The average molecular weight is 247 g/mol. The largest absolute Gasteiger partial charge is 0.491 e. The lowest BCUT2D eigenvalue weighted by Gasteiger charge is -2.01. The normalized spacial score (nSPS) is 9.47. The lowest BCUT2D eigenvalue weighted by molar-refractivity contribution is 0.524. The molecule has 0 saturated carbocycles. The molecule has 0 spiro atoms. The first kappa shape index (κ1) is 13.6. The van der Waals surface area contributed by atoms with Crippen LogP contribution < -0.4 is 0 Å². The minimum atomic E-state index is -1.17. The molecule has 0 bridgehead atoms. The molecule has 1 unspecified atom stereocenters. The highest BCUT2D eigenvalue weighted by Crippen LogP contribution is 2.06. The maximum absolute atomic E-state index is 8.51. The molecule has 0 aromatic heterocycles. The lowest BCUT2D eigenvalue weighted by atomic mass is 10.0. The molecule has 0 fully saturated rings. The van der Waals surface area contributed by atoms with Gasteiger partial charge in [-0.2, -0.15) is 4.89 Å². The maximum Gasteiger partial charge on any atom is 0.491 e. The zero-order chi connectivity index (χ0) is 12.3. The molecular weight excluding hydrogens is 231 g/mol. The van der Waals surface area contributed by atoms with Gasteiger partial charge in [-0.3, -0.25) is 0 Å². The van der Waals surface area contributed by atoms with Crippen molar-refractivity contribution in [1.82, 2.24) is 0 Å². The van der Waals surface area contributed by atoms with E-state index < -0.39 is 8.69 Å². The van der Waals surface area contributed by atoms with Crippen molar-refractivity contribution in [2.45, 2.75) is 12.8 Å². The van der Waals surface area contributed by atoms with E-state index in [1.165, 1.54) is 11.1 Å². The van der Waals surface area contributed by atoms with Gasteiger partial charge in [0.1, 0.15) is 0 Å². The lowest BCUT2D eigenvalue weighted by Crippen LogP contribution is -1.89. The van der Waals surface area contributed by atoms with Crippen molar-refractivity contribution < 1.29 is 9.46 Å². The molecule has 1 N–H and O–H groups in total. The molecule has 0 aliphatic heterocycles. The van der Waals surface area contributed by atoms with Gasteiger partial charge in [-0.25, -0.2) is 0 Å². The first-order valence-electron chi connectivity index (χ1n) is 5.46. The molecule has 2 aromatic rings. The fourth-order valence-corrected chi connectivity index (χ4v) is 1.58. The maximum atomic E-state index is 8.51. The molecule has 0 radical (unpaired) electrons. The van der Waals surface area contributed by atoms with Crippen LogP contribution in [0, 0.1) is 0 Å². The van der Waals surface area contributed by atoms with Crippen LogP contribution in [-0.2, 0) is 17.4 Å². The first-order valence-corrected chi connectivity index (χ1v) is 6.31. The number of hydrogen-bond acceptors (Lipinski definition) is 1. The summed E-state index contributed by atoms with van der Waals surface area (Å²) < 4.78 is 8.51. The molecule has 1 atom stereocenters. The summed E-state index contributed by atoms with van der Waals surface area (Å²) in [6.07, 6.45) is 2.26. The predicted molar refractivity (Wildman–Crippen MR) is 71.5 cm³/mol. The second-order valence-corrected chi connectivity index (χ2v) is 3.75. The van der Waals surface area contributed by atoms with Gasteiger partial charge in [0.15, 0.2) is 0 Å². The molecule has 2 rings (SSSR count). The predicted octanol–water partition coefficient (Wildman–Crippen LogP) is 3.39. The third kappa shape index (κ3) is 5.96. The van der Waals surface area contributed by atoms with Crippen LogP contribution in [0.15, 0.2) is 60.7 Å². The number of aryl methyl sites for hydroxylation is 2. The molecule has 0 saturated heterocycles. The first-order chi connectivity index (χ1) is 8.36. The fourth-order valence-electron chi connectivity index (χ4n) is 1.58. The van der Waals surface area contributed by atoms with E-state index in [9.17, 15) is 0 Å². The van der Waals surface area contributed by atoms with E-state index in [0.29, 0.717) is 0 Å². The Morgan fingerprint density at radius 3 is 1.35 bits per heavy atom. The van der Waals surface area contributed by atoms with Crippen LogP contribution in [0.4, 0.5) is 0 Å². The van der Waals surface area contributed by atoms with Crippen molar-refractivity contribution in [1.29, 1.82) is 0 Å². The topological polar surface area (TPSA) is 37.3 Å². The van der Waals surface area contributed by atoms with E-state index in [1.54, 1.807) is 0 Å². The molecule has 2 aromatic carbocycles. The van der Waals surface area contributed by atoms with Crippen molar-refractivity contribution in [2.75, 3.05) is 0 Å². The third-order valence-electron chi connectivity index (χ3n) is 2.39. The van der Waals surface area contributed by atoms with Gasteiger partial charge >= 0.3 is 8.69 Å². The Bertz CT molecular complexity index is 375. The third-order valence-corrected chi connectivity index (χ3v) is 2.39. The summed E-state index contributed by atoms with van der Waals surface area (Å²) in [5.74, 6) is 0. The Hall–Kier alpha value is -1.50. The van der Waals surface area contributed by atoms with Gasteiger partial charge < -0.3 is 0 Å². The van der Waals surface area contributed by atoms with Crippen molar-refractivity contribution in [3.8, 4) is 0 Å². The quantitative estimate of drug-likeness (QED) is 0.844. The van der Waals surface area contributed by atoms with Gasteiger partial charge in [0.05, 0.1) is 0 Å². The second kappa shape index (κ2) is 8.63. The molecule has 0 amide bonds. The summed E-state index contributed by atoms with van der Waals surface area (Å²) in [6, 6.07) is 21.2. The molecule has 0 aliphatic carbocycles. The van der Waals surface area contributed by atoms with Crippen LogP contribution in [0.3, 0.4) is 0 Å². The summed E-state index contributed by atoms with van der Waals surface area (Å²) in [5.41, 5.74) is 2.83. The molecule has 3 heteroatoms. The summed E-state index contributed by atoms with van der Waals surface area (Å²) in [5, 5.41) is 0. The monoisotopic (exact) mass is 247 g/mol. The molecular formula is C14H16O2P+. The van der Waals surface area contributed by atoms with Crippen molar-refractivity contribution in [3.63, 3.8) is 0 Å². The van der Waals surface area contributed by atoms with Crippen LogP contribution in [0.1, 0.15) is 11.1 Å². The van der Waals surface area contributed by atoms with E-state index in [0.717, 1.165) is 12.8 Å². The van der Waals surface area contributed by atoms with Gasteiger partial charge in [-0.15, -0.1) is 0 Å². The van der Waals surface area contributed by atoms with E-state index in [4.69, 9.17) is 9.46 Å². The van der Waals surface area contributed by atoms with Gasteiger partial charge in [0.25, 0.3) is 0 Å². The van der Waals surface area contributed by atoms with Crippen molar-refractivity contribution >= 4 is 8.69 Å². The van der Waals surface area contributed by atoms with Gasteiger partial charge in [0.2, 0.25) is 0 Å². The molecule has 88 valence electrons. The SMILES string of the molecule is O=[PH+]O.c1ccc(CCc2ccccc2)cc1. The van der Waals surface area contributed by atoms with E-state index >= 15 is 0 Å². The Balaban J connectivity index is 0.000000437. The highest BCUT2D eigenvalue weighted by atomic mass is 31.1. The Morgan fingerprint density at radius 1 is 0.765 bits per heavy atom. The second-order valence-electron chi connectivity index (χ2n) is 3.56. The minimum absolute atomic E-state index is 1.13. The zero-order valence-electron chi connectivity index (χ0n) is 9.54. The van der Waals surface area contributed by atoms with Gasteiger partial charge in [-0.1, -0.05) is 60.7 Å². The summed E-state index contributed by atoms with van der Waals surface area (Å²) in [7, 11) is -1.17. The van der Waals surface area contributed by atoms with Crippen LogP contribution in [0.5, 0.6) is 0 Å². The molecule has 2 nitrogen and oxygen atoms in total. The number of rotatable bonds is 3. The van der Waals surface area contributed by atoms with Gasteiger partial charge in [0, 0.05) is 0 Å². The molecule has 17 heavy (non-hydrogen) atoms. The Kier molecular flexibility index (Phi) is 6.89. The van der Waals surface area contributed by atoms with Crippen molar-refractivity contribution in [3.05, 3.63) is 71.8 Å². The summed E-state index contributed by atoms with van der Waals surface area (Å²) in [4.78, 5) is 7.04. The van der Waals surface area contributed by atoms with Crippen LogP contribution in [-0.4, -0.2) is 4.89 Å². The van der Waals surface area contributed by atoms with E-state index in [-0.39, 0.29) is 0 Å². The standard InChI is InChI=1S/C14H14.HO2P/c1-3-7-13(8-4-1)11-12-14-9-5-2-6-10-14;1-3-2/h1-10H,11-12H2;3H/p+1. The van der Waals surface area contributed by atoms with E-state index in [1.807, 2.05) is 0 Å². The van der Waals surface area contributed by atoms with Crippen LogP contribution >= 0.6 is 8.69 Å². The Labute approximate surface area is 103 Å².